The number of imidazole rings is 1. The van der Waals surface area contributed by atoms with Gasteiger partial charge >= 0.3 is 6.09 Å². The maximum Gasteiger partial charge on any atom is 0.419 e. The Hall–Kier alpha value is -6.19. The Balaban J connectivity index is 1.17. The van der Waals surface area contributed by atoms with E-state index in [9.17, 15) is 33.9 Å². The van der Waals surface area contributed by atoms with Gasteiger partial charge in [-0.25, -0.2) is 14.3 Å². The Morgan fingerprint density at radius 2 is 1.37 bits per heavy atom. The molecule has 7 rings (SSSR count). The normalized spacial score (nSPS) is 16.7. The number of imide groups is 2. The molecule has 5 amide bonds. The van der Waals surface area contributed by atoms with Crippen molar-refractivity contribution in [2.24, 2.45) is 0 Å². The van der Waals surface area contributed by atoms with Crippen LogP contribution in [0.15, 0.2) is 91.5 Å². The lowest BCUT2D eigenvalue weighted by atomic mass is 10.1. The van der Waals surface area contributed by atoms with Gasteiger partial charge in [-0.05, 0) is 48.5 Å². The second-order valence-corrected chi connectivity index (χ2v) is 12.2. The van der Waals surface area contributed by atoms with Crippen LogP contribution < -0.4 is 9.80 Å². The van der Waals surface area contributed by atoms with Gasteiger partial charge in [-0.1, -0.05) is 24.3 Å². The number of nitrogens with zero attached hydrogens (tertiary/aromatic N) is 6. The number of carbonyl (C=O) groups is 6. The molecule has 3 aliphatic heterocycles. The molecule has 15 nitrogen and oxygen atoms in total. The van der Waals surface area contributed by atoms with E-state index < -0.39 is 41.9 Å². The third kappa shape index (κ3) is 6.59. The molecule has 4 heterocycles. The van der Waals surface area contributed by atoms with E-state index >= 15 is 0 Å². The fourth-order valence-corrected chi connectivity index (χ4v) is 6.40. The molecule has 15 heteroatoms. The Morgan fingerprint density at radius 3 is 1.90 bits per heavy atom. The Bertz CT molecular complexity index is 1950. The first kappa shape index (κ1) is 33.3. The van der Waals surface area contributed by atoms with Crippen LogP contribution in [0.3, 0.4) is 0 Å². The van der Waals surface area contributed by atoms with Crippen LogP contribution >= 0.6 is 0 Å². The number of ether oxygens (including phenoxy) is 2. The number of aliphatic hydroxyl groups excluding tert-OH is 1. The van der Waals surface area contributed by atoms with E-state index in [0.717, 1.165) is 14.4 Å². The molecule has 1 N–H and O–H groups in total. The van der Waals surface area contributed by atoms with Crippen molar-refractivity contribution in [3.05, 3.63) is 114 Å². The van der Waals surface area contributed by atoms with Crippen LogP contribution in [0.5, 0.6) is 0 Å². The van der Waals surface area contributed by atoms with Gasteiger partial charge in [0.15, 0.2) is 0 Å². The first-order valence-electron chi connectivity index (χ1n) is 16.2. The lowest BCUT2D eigenvalue weighted by molar-refractivity contribution is -0.125. The number of aliphatic hydroxyl groups is 1. The number of morpholine rings is 1. The lowest BCUT2D eigenvalue weighted by Gasteiger charge is -2.33. The monoisotopic (exact) mass is 692 g/mol. The van der Waals surface area contributed by atoms with Gasteiger partial charge < -0.3 is 24.4 Å². The van der Waals surface area contributed by atoms with Gasteiger partial charge in [0.25, 0.3) is 29.5 Å². The summed E-state index contributed by atoms with van der Waals surface area (Å²) in [6, 6.07) is 19.7. The molecule has 0 unspecified atom stereocenters. The minimum Gasteiger partial charge on any atom is -0.442 e. The minimum atomic E-state index is -1.28. The van der Waals surface area contributed by atoms with E-state index in [1.165, 1.54) is 18.7 Å². The van der Waals surface area contributed by atoms with Crippen molar-refractivity contribution < 1.29 is 43.3 Å². The van der Waals surface area contributed by atoms with E-state index in [0.29, 0.717) is 24.5 Å². The topological polar surface area (TPSA) is 172 Å². The number of β-amino-alcohol motifs (C(OH)–C–C–N with tert-alkyl or cyclic N) is 1. The van der Waals surface area contributed by atoms with E-state index in [-0.39, 0.29) is 60.9 Å². The summed E-state index contributed by atoms with van der Waals surface area (Å²) >= 11 is 0. The fourth-order valence-electron chi connectivity index (χ4n) is 6.40. The van der Waals surface area contributed by atoms with E-state index in [2.05, 4.69) is 4.98 Å². The lowest BCUT2D eigenvalue weighted by Crippen LogP contribution is -2.48. The second-order valence-electron chi connectivity index (χ2n) is 12.2. The average molecular weight is 693 g/mol. The highest BCUT2D eigenvalue weighted by molar-refractivity contribution is 6.22. The number of anilines is 2. The third-order valence-corrected chi connectivity index (χ3v) is 8.89. The maximum absolute atomic E-state index is 13.3. The molecule has 2 atom stereocenters. The molecule has 1 aromatic heterocycles. The Kier molecular flexibility index (Phi) is 9.13. The molecule has 260 valence electrons. The number of rotatable bonds is 11. The molecular formula is C36H32N6O9. The molecule has 3 aliphatic rings. The summed E-state index contributed by atoms with van der Waals surface area (Å²) in [5.74, 6) is -2.35. The molecule has 1 saturated heterocycles. The SMILES string of the molecule is O=C1c2ccccc2C(=O)N1C[C@H](O)CN(C[C@H](CN1C(=O)c2ccccc2C1=O)OC(=O)n1ccnc1)c1ccc(N2CCOCC2=O)cc1. The van der Waals surface area contributed by atoms with Crippen LogP contribution in [-0.2, 0) is 14.3 Å². The molecule has 3 aromatic carbocycles. The predicted molar refractivity (Wildman–Crippen MR) is 179 cm³/mol. The largest absolute Gasteiger partial charge is 0.442 e. The second kappa shape index (κ2) is 14.0. The number of carbonyl (C=O) groups excluding carboxylic acids is 6. The van der Waals surface area contributed by atoms with E-state index in [4.69, 9.17) is 9.47 Å². The number of aromatic nitrogens is 2. The molecule has 0 saturated carbocycles. The first-order chi connectivity index (χ1) is 24.7. The molecule has 0 spiro atoms. The van der Waals surface area contributed by atoms with Crippen LogP contribution in [0.2, 0.25) is 0 Å². The van der Waals surface area contributed by atoms with Crippen LogP contribution in [-0.4, -0.2) is 118 Å². The molecule has 4 aromatic rings. The molecular weight excluding hydrogens is 660 g/mol. The van der Waals surface area contributed by atoms with E-state index in [1.54, 1.807) is 82.6 Å². The zero-order valence-corrected chi connectivity index (χ0v) is 27.2. The van der Waals surface area contributed by atoms with Crippen molar-refractivity contribution in [2.75, 3.05) is 55.7 Å². The number of amides is 5. The summed E-state index contributed by atoms with van der Waals surface area (Å²) in [5.41, 5.74) is 2.08. The Labute approximate surface area is 291 Å². The zero-order valence-electron chi connectivity index (χ0n) is 27.2. The molecule has 0 radical (unpaired) electrons. The highest BCUT2D eigenvalue weighted by atomic mass is 16.6. The van der Waals surface area contributed by atoms with Crippen molar-refractivity contribution in [1.82, 2.24) is 19.4 Å². The minimum absolute atomic E-state index is 0.0420. The van der Waals surface area contributed by atoms with Gasteiger partial charge in [-0.3, -0.25) is 33.8 Å². The van der Waals surface area contributed by atoms with Gasteiger partial charge in [0.1, 0.15) is 19.0 Å². The Morgan fingerprint density at radius 1 is 0.804 bits per heavy atom. The van der Waals surface area contributed by atoms with Crippen LogP contribution in [0, 0.1) is 0 Å². The predicted octanol–water partition coefficient (Wildman–Crippen LogP) is 2.06. The first-order valence-corrected chi connectivity index (χ1v) is 16.2. The summed E-state index contributed by atoms with van der Waals surface area (Å²) in [6.07, 6.45) is 0.795. The smallest absolute Gasteiger partial charge is 0.419 e. The highest BCUT2D eigenvalue weighted by Gasteiger charge is 2.39. The molecule has 0 bridgehead atoms. The molecule has 51 heavy (non-hydrogen) atoms. The van der Waals surface area contributed by atoms with Crippen LogP contribution in [0.4, 0.5) is 16.2 Å². The van der Waals surface area contributed by atoms with Crippen molar-refractivity contribution in [1.29, 1.82) is 0 Å². The van der Waals surface area contributed by atoms with Crippen molar-refractivity contribution in [3.63, 3.8) is 0 Å². The summed E-state index contributed by atoms with van der Waals surface area (Å²) in [7, 11) is 0. The van der Waals surface area contributed by atoms with Gasteiger partial charge in [0.05, 0.1) is 54.6 Å². The van der Waals surface area contributed by atoms with Gasteiger partial charge in [0.2, 0.25) is 0 Å². The van der Waals surface area contributed by atoms with Gasteiger partial charge in [0, 0.05) is 36.9 Å². The zero-order chi connectivity index (χ0) is 35.6. The average Bonchev–Trinajstić information content (AvgIpc) is 3.83. The quantitative estimate of drug-likeness (QED) is 0.228. The number of hydrogen-bond donors (Lipinski definition) is 1. The summed E-state index contributed by atoms with van der Waals surface area (Å²) in [4.78, 5) is 87.6. The van der Waals surface area contributed by atoms with Gasteiger partial charge in [-0.15, -0.1) is 0 Å². The van der Waals surface area contributed by atoms with Crippen LogP contribution in [0.1, 0.15) is 41.4 Å². The maximum atomic E-state index is 13.3. The van der Waals surface area contributed by atoms with Crippen molar-refractivity contribution in [2.45, 2.75) is 12.2 Å². The number of benzene rings is 3. The standard InChI is InChI=1S/C36H32N6O9/c43-25(18-41-32(45)27-5-1-2-6-28(27)33(41)46)17-39(23-9-11-24(12-10-23)40-15-16-50-21-31(40)44)19-26(51-36(49)38-14-13-37-22-38)20-42-34(47)29-7-3-4-8-30(29)35(42)48/h1-14,22,25-26,43H,15-21H2/t25-,26-/m1/s1. The molecule has 1 fully saturated rings. The highest BCUT2D eigenvalue weighted by Crippen LogP contribution is 2.27. The summed E-state index contributed by atoms with van der Waals surface area (Å²) < 4.78 is 12.2. The summed E-state index contributed by atoms with van der Waals surface area (Å²) in [5, 5.41) is 11.4. The van der Waals surface area contributed by atoms with Crippen LogP contribution in [0.25, 0.3) is 0 Å². The van der Waals surface area contributed by atoms with Crippen molar-refractivity contribution in [3.8, 4) is 0 Å². The van der Waals surface area contributed by atoms with Crippen molar-refractivity contribution >= 4 is 47.0 Å². The molecule has 0 aliphatic carbocycles. The summed E-state index contributed by atoms with van der Waals surface area (Å²) in [6.45, 7) is -0.245. The number of hydrogen-bond acceptors (Lipinski definition) is 11. The third-order valence-electron chi connectivity index (χ3n) is 8.89. The van der Waals surface area contributed by atoms with E-state index in [1.807, 2.05) is 0 Å². The fraction of sp³-hybridized carbons (Fsp3) is 0.250. The van der Waals surface area contributed by atoms with Gasteiger partial charge in [-0.2, -0.15) is 0 Å². The number of fused-ring (bicyclic) bond motifs is 2.